The fraction of sp³-hybridized carbons (Fsp3) is 0.735. The van der Waals surface area contributed by atoms with Gasteiger partial charge in [0, 0.05) is 6.42 Å². The van der Waals surface area contributed by atoms with Crippen LogP contribution in [0.1, 0.15) is 258 Å². The molecule has 0 aliphatic carbocycles. The number of rotatable bonds is 53. The molecule has 0 bridgehead atoms. The van der Waals surface area contributed by atoms with E-state index in [-0.39, 0.29) is 19.4 Å². The molecule has 0 aromatic carbocycles. The Morgan fingerprint density at radius 1 is 0.519 bits per heavy atom. The normalized spacial score (nSPS) is 19.5. The van der Waals surface area contributed by atoms with Crippen LogP contribution in [0.5, 0.6) is 0 Å². The second kappa shape index (κ2) is 55.1. The van der Waals surface area contributed by atoms with E-state index < -0.39 is 67.4 Å². The molecule has 79 heavy (non-hydrogen) atoms. The number of esters is 1. The largest absolute Gasteiger partial charge is 0.454 e. The maximum Gasteiger partial charge on any atom is 0.306 e. The summed E-state index contributed by atoms with van der Waals surface area (Å²) >= 11 is 0. The van der Waals surface area contributed by atoms with Crippen molar-refractivity contribution in [2.75, 3.05) is 13.2 Å². The Morgan fingerprint density at radius 3 is 1.47 bits per heavy atom. The van der Waals surface area contributed by atoms with Crippen molar-refractivity contribution in [1.29, 1.82) is 0 Å². The summed E-state index contributed by atoms with van der Waals surface area (Å²) in [7, 11) is 0. The average Bonchev–Trinajstić information content (AvgIpc) is 3.51. The number of hydrogen-bond donors (Lipinski definition) is 6. The molecule has 0 spiro atoms. The molecule has 6 N–H and O–H groups in total. The van der Waals surface area contributed by atoms with Crippen LogP contribution in [0.15, 0.2) is 97.2 Å². The summed E-state index contributed by atoms with van der Waals surface area (Å²) < 4.78 is 17.6. The molecule has 1 aliphatic rings. The summed E-state index contributed by atoms with van der Waals surface area (Å²) in [4.78, 5) is 26.5. The highest BCUT2D eigenvalue weighted by atomic mass is 16.7. The van der Waals surface area contributed by atoms with Gasteiger partial charge in [-0.05, 0) is 70.6 Å². The fourth-order valence-electron chi connectivity index (χ4n) is 9.53. The molecule has 0 saturated carbocycles. The summed E-state index contributed by atoms with van der Waals surface area (Å²) in [5.41, 5.74) is 0. The van der Waals surface area contributed by atoms with Gasteiger partial charge in [0.25, 0.3) is 0 Å². The molecule has 11 nitrogen and oxygen atoms in total. The Labute approximate surface area is 482 Å². The molecule has 1 amide bonds. The van der Waals surface area contributed by atoms with Gasteiger partial charge < -0.3 is 45.1 Å². The first-order chi connectivity index (χ1) is 38.7. The number of carbonyl (C=O) groups excluding carboxylic acids is 2. The van der Waals surface area contributed by atoms with Crippen molar-refractivity contribution < 1.29 is 49.3 Å². The molecule has 8 unspecified atom stereocenters. The minimum atomic E-state index is -1.63. The molecule has 8 atom stereocenters. The summed E-state index contributed by atoms with van der Waals surface area (Å²) in [5.74, 6) is -1.27. The maximum absolute atomic E-state index is 13.3. The predicted molar refractivity (Wildman–Crippen MR) is 329 cm³/mol. The van der Waals surface area contributed by atoms with Gasteiger partial charge in [-0.3, -0.25) is 9.59 Å². The number of aliphatic hydroxyl groups is 5. The summed E-state index contributed by atoms with van der Waals surface area (Å²) in [6, 6.07) is -1.07. The zero-order chi connectivity index (χ0) is 57.5. The van der Waals surface area contributed by atoms with Gasteiger partial charge in [-0.2, -0.15) is 0 Å². The second-order valence-corrected chi connectivity index (χ2v) is 21.9. The van der Waals surface area contributed by atoms with Crippen LogP contribution in [0.4, 0.5) is 0 Å². The van der Waals surface area contributed by atoms with Crippen LogP contribution in [0.25, 0.3) is 0 Å². The van der Waals surface area contributed by atoms with Crippen LogP contribution in [-0.2, 0) is 23.8 Å². The molecule has 1 fully saturated rings. The van der Waals surface area contributed by atoms with Gasteiger partial charge in [0.2, 0.25) is 5.91 Å². The number of carbonyl (C=O) groups is 2. The van der Waals surface area contributed by atoms with E-state index in [1.165, 1.54) is 154 Å². The van der Waals surface area contributed by atoms with Gasteiger partial charge in [-0.15, -0.1) is 0 Å². The van der Waals surface area contributed by atoms with Gasteiger partial charge in [-0.25, -0.2) is 0 Å². The zero-order valence-electron chi connectivity index (χ0n) is 50.2. The van der Waals surface area contributed by atoms with E-state index in [1.54, 1.807) is 6.08 Å². The first kappa shape index (κ1) is 73.6. The Kier molecular flexibility index (Phi) is 51.4. The van der Waals surface area contributed by atoms with Crippen LogP contribution >= 0.6 is 0 Å². The van der Waals surface area contributed by atoms with Crippen molar-refractivity contribution in [1.82, 2.24) is 5.32 Å². The quantitative estimate of drug-likeness (QED) is 0.0149. The van der Waals surface area contributed by atoms with Gasteiger partial charge in [-0.1, -0.05) is 279 Å². The van der Waals surface area contributed by atoms with Crippen LogP contribution in [0.3, 0.4) is 0 Å². The molecule has 0 aromatic rings. The molecular weight excluding hydrogens is 991 g/mol. The smallest absolute Gasteiger partial charge is 0.306 e. The lowest BCUT2D eigenvalue weighted by Crippen LogP contribution is -2.61. The molecule has 1 aliphatic heterocycles. The Balaban J connectivity index is 2.61. The van der Waals surface area contributed by atoms with Crippen LogP contribution in [0, 0.1) is 0 Å². The molecule has 454 valence electrons. The number of ether oxygens (including phenoxy) is 3. The van der Waals surface area contributed by atoms with E-state index in [0.717, 1.165) is 57.8 Å². The van der Waals surface area contributed by atoms with Gasteiger partial charge in [0.1, 0.15) is 24.4 Å². The summed E-state index contributed by atoms with van der Waals surface area (Å²) in [5, 5.41) is 56.8. The van der Waals surface area contributed by atoms with Crippen LogP contribution in [0.2, 0.25) is 0 Å². The molecule has 0 aromatic heterocycles. The van der Waals surface area contributed by atoms with E-state index in [0.29, 0.717) is 12.8 Å². The summed E-state index contributed by atoms with van der Waals surface area (Å²) in [6.45, 7) is 5.57. The Bertz CT molecular complexity index is 1650. The number of unbranched alkanes of at least 4 members (excludes halogenated alkanes) is 29. The zero-order valence-corrected chi connectivity index (χ0v) is 50.2. The number of aliphatic hydroxyl groups excluding tert-OH is 5. The van der Waals surface area contributed by atoms with Crippen LogP contribution < -0.4 is 5.32 Å². The predicted octanol–water partition coefficient (Wildman–Crippen LogP) is 15.5. The topological polar surface area (TPSA) is 175 Å². The van der Waals surface area contributed by atoms with Gasteiger partial charge >= 0.3 is 5.97 Å². The van der Waals surface area contributed by atoms with E-state index in [9.17, 15) is 35.1 Å². The third-order valence-corrected chi connectivity index (χ3v) is 14.6. The lowest BCUT2D eigenvalue weighted by molar-refractivity contribution is -0.305. The third kappa shape index (κ3) is 43.0. The lowest BCUT2D eigenvalue weighted by atomic mass is 9.99. The minimum absolute atomic E-state index is 0.111. The van der Waals surface area contributed by atoms with Crippen LogP contribution in [-0.4, -0.2) is 99.6 Å². The second-order valence-electron chi connectivity index (χ2n) is 21.9. The van der Waals surface area contributed by atoms with E-state index in [4.69, 9.17) is 14.2 Å². The lowest BCUT2D eigenvalue weighted by Gasteiger charge is -2.41. The number of hydrogen-bond acceptors (Lipinski definition) is 10. The molecule has 1 rings (SSSR count). The van der Waals surface area contributed by atoms with Crippen molar-refractivity contribution in [3.05, 3.63) is 97.2 Å². The molecule has 11 heteroatoms. The molecule has 1 saturated heterocycles. The maximum atomic E-state index is 13.3. The average molecular weight is 1110 g/mol. The van der Waals surface area contributed by atoms with Crippen molar-refractivity contribution in [3.8, 4) is 0 Å². The van der Waals surface area contributed by atoms with E-state index in [1.807, 2.05) is 60.8 Å². The van der Waals surface area contributed by atoms with E-state index in [2.05, 4.69) is 56.5 Å². The van der Waals surface area contributed by atoms with Crippen molar-refractivity contribution in [2.45, 2.75) is 307 Å². The fourth-order valence-corrected chi connectivity index (χ4v) is 9.53. The van der Waals surface area contributed by atoms with Crippen molar-refractivity contribution >= 4 is 11.9 Å². The molecular formula is C68H117NO10. The first-order valence-corrected chi connectivity index (χ1v) is 32.1. The molecule has 1 heterocycles. The molecule has 0 radical (unpaired) electrons. The SMILES string of the molecule is CC/C=C/C=C/C=C\C=C/C=C/CCC(O)C(=O)NC(COC1OC(CO)C(O)C(O)C1OC(=O)CCCCCCCCCCCCCCCCC/C=C\C/C=C\CCCCC)C(O)/C=C/CCCCCCCCCCCCC. The van der Waals surface area contributed by atoms with Gasteiger partial charge in [0.05, 0.1) is 25.4 Å². The van der Waals surface area contributed by atoms with Crippen molar-refractivity contribution in [3.63, 3.8) is 0 Å². The number of nitrogens with one attached hydrogen (secondary N) is 1. The first-order valence-electron chi connectivity index (χ1n) is 32.1. The third-order valence-electron chi connectivity index (χ3n) is 14.6. The number of amides is 1. The summed E-state index contributed by atoms with van der Waals surface area (Å²) in [6.07, 6.45) is 63.3. The van der Waals surface area contributed by atoms with Crippen molar-refractivity contribution in [2.24, 2.45) is 0 Å². The van der Waals surface area contributed by atoms with Gasteiger partial charge in [0.15, 0.2) is 12.4 Å². The Hall–Kier alpha value is -3.42. The highest BCUT2D eigenvalue weighted by Crippen LogP contribution is 2.26. The highest BCUT2D eigenvalue weighted by molar-refractivity contribution is 5.80. The monoisotopic (exact) mass is 1110 g/mol. The Morgan fingerprint density at radius 2 is 0.962 bits per heavy atom. The highest BCUT2D eigenvalue weighted by Gasteiger charge is 2.47. The minimum Gasteiger partial charge on any atom is -0.454 e. The standard InChI is InChI=1S/C68H117NO10/c1-4-7-10-13-16-19-22-25-26-27-28-29-30-31-32-33-34-35-36-38-41-44-47-50-53-56-63(73)79-66-65(75)64(74)62(57-70)78-68(66)77-58-59(60(71)54-51-48-45-42-40-37-23-20-17-14-11-8-5-2)69-67(76)61(72)55-52-49-46-43-39-24-21-18-15-12-9-6-3/h9,12,15-16,18-19,21,24-26,39,43,46,49,51,54,59-62,64-66,68,70-72,74-75H,4-8,10-11,13-14,17,20,22-23,27-38,40-42,44-45,47-48,50,52-53,55-58H2,1-3H3,(H,69,76)/b12-9+,18-15+,19-16-,24-21-,26-25-,43-39-,49-46+,54-51+. The van der Waals surface area contributed by atoms with E-state index >= 15 is 0 Å². The number of allylic oxidation sites excluding steroid dienone is 15.